The molecule has 27 heavy (non-hydrogen) atoms. The number of unbranched alkanes of at least 4 members (excludes halogenated alkanes) is 1. The van der Waals surface area contributed by atoms with Gasteiger partial charge in [-0.05, 0) is 64.7 Å². The number of carbonyl (C=O) groups excluding carboxylic acids is 1. The van der Waals surface area contributed by atoms with Gasteiger partial charge in [0.2, 0.25) is 0 Å². The van der Waals surface area contributed by atoms with Crippen LogP contribution in [-0.2, 0) is 17.8 Å². The van der Waals surface area contributed by atoms with Gasteiger partial charge in [0.05, 0.1) is 6.61 Å². The maximum Gasteiger partial charge on any atom is 0.333 e. The second-order valence-corrected chi connectivity index (χ2v) is 20.7. The molecule has 0 spiro atoms. The fourth-order valence-corrected chi connectivity index (χ4v) is 17.0. The molecule has 0 rings (SSSR count). The first kappa shape index (κ1) is 34.3. The van der Waals surface area contributed by atoms with Crippen LogP contribution in [0.2, 0.25) is 51.4 Å². The molecule has 4 nitrogen and oxygen atoms in total. The summed E-state index contributed by atoms with van der Waals surface area (Å²) in [6.45, 7) is 21.3. The molecule has 166 valence electrons. The molecule has 0 fully saturated rings. The van der Waals surface area contributed by atoms with Gasteiger partial charge in [-0.2, -0.15) is 0 Å². The lowest BCUT2D eigenvalue weighted by molar-refractivity contribution is -0.138. The highest BCUT2D eigenvalue weighted by atomic mass is 28.5. The Morgan fingerprint density at radius 1 is 0.852 bits per heavy atom. The van der Waals surface area contributed by atoms with Gasteiger partial charge < -0.3 is 13.0 Å². The standard InChI is InChI=1S/C17H38O4Si3.3CH4/c1-10-11-14-22(4,5)20-24(8,9)21-23(6,7)15-12-13-19-17(18)16(2)3;;;/h2,10-15H2,1,3-9H3;3*1H4. The van der Waals surface area contributed by atoms with Crippen molar-refractivity contribution in [1.82, 2.24) is 0 Å². The first-order valence-electron chi connectivity index (χ1n) is 9.03. The Kier molecular flexibility index (Phi) is 18.7. The SMILES string of the molecule is C.C.C.C=C(C)C(=O)OCCC[Si](C)(C)O[Si](C)(C)O[Si](C)(C)CCCC. The van der Waals surface area contributed by atoms with Gasteiger partial charge in [-0.1, -0.05) is 48.6 Å². The zero-order valence-corrected chi connectivity index (χ0v) is 20.1. The number of carbonyl (C=O) groups is 1. The Labute approximate surface area is 174 Å². The van der Waals surface area contributed by atoms with Gasteiger partial charge in [-0.3, -0.25) is 0 Å². The van der Waals surface area contributed by atoms with Crippen molar-refractivity contribution in [2.75, 3.05) is 6.61 Å². The van der Waals surface area contributed by atoms with Crippen LogP contribution in [-0.4, -0.2) is 37.8 Å². The number of hydrogen-bond donors (Lipinski definition) is 0. The Bertz CT molecular complexity index is 421. The number of ether oxygens (including phenoxy) is 1. The van der Waals surface area contributed by atoms with Crippen molar-refractivity contribution < 1.29 is 17.8 Å². The molecule has 0 N–H and O–H groups in total. The summed E-state index contributed by atoms with van der Waals surface area (Å²) in [6, 6.07) is 2.16. The maximum atomic E-state index is 11.4. The number of rotatable bonds is 12. The van der Waals surface area contributed by atoms with E-state index in [0.29, 0.717) is 12.2 Å². The van der Waals surface area contributed by atoms with Crippen LogP contribution in [0.15, 0.2) is 12.2 Å². The summed E-state index contributed by atoms with van der Waals surface area (Å²) >= 11 is 0. The summed E-state index contributed by atoms with van der Waals surface area (Å²) in [7, 11) is -5.59. The molecule has 0 aliphatic heterocycles. The monoisotopic (exact) mass is 438 g/mol. The van der Waals surface area contributed by atoms with Crippen molar-refractivity contribution in [2.24, 2.45) is 0 Å². The fraction of sp³-hybridized carbons (Fsp3) is 0.850. The van der Waals surface area contributed by atoms with Crippen LogP contribution < -0.4 is 0 Å². The zero-order chi connectivity index (χ0) is 19.0. The van der Waals surface area contributed by atoms with Crippen LogP contribution in [0.1, 0.15) is 55.4 Å². The lowest BCUT2D eigenvalue weighted by atomic mass is 10.4. The maximum absolute atomic E-state index is 11.4. The summed E-state index contributed by atoms with van der Waals surface area (Å²) in [5.41, 5.74) is 0.448. The summed E-state index contributed by atoms with van der Waals surface area (Å²) in [5, 5.41) is 0. The normalized spacial score (nSPS) is 11.6. The minimum absolute atomic E-state index is 0. The molecule has 0 radical (unpaired) electrons. The van der Waals surface area contributed by atoms with Gasteiger partial charge in [-0.15, -0.1) is 0 Å². The molecular formula is C20H50O4Si3. The molecular weight excluding hydrogens is 388 g/mol. The van der Waals surface area contributed by atoms with Crippen molar-refractivity contribution in [3.63, 3.8) is 0 Å². The van der Waals surface area contributed by atoms with Crippen molar-refractivity contribution in [3.8, 4) is 0 Å². The predicted molar refractivity (Wildman–Crippen MR) is 130 cm³/mol. The van der Waals surface area contributed by atoms with Gasteiger partial charge in [0.1, 0.15) is 0 Å². The van der Waals surface area contributed by atoms with E-state index in [0.717, 1.165) is 12.5 Å². The fourth-order valence-electron chi connectivity index (χ4n) is 2.84. The summed E-state index contributed by atoms with van der Waals surface area (Å²) in [4.78, 5) is 11.4. The summed E-state index contributed by atoms with van der Waals surface area (Å²) in [6.07, 6.45) is 3.28. The third-order valence-corrected chi connectivity index (χ3v) is 15.2. The van der Waals surface area contributed by atoms with Crippen molar-refractivity contribution >= 4 is 31.2 Å². The lowest BCUT2D eigenvalue weighted by Gasteiger charge is -2.38. The highest BCUT2D eigenvalue weighted by molar-refractivity contribution is 6.87. The molecule has 0 bridgehead atoms. The first-order chi connectivity index (χ1) is 10.8. The molecule has 0 unspecified atom stereocenters. The largest absolute Gasteiger partial charge is 0.462 e. The van der Waals surface area contributed by atoms with Crippen molar-refractivity contribution in [2.45, 2.75) is 107 Å². The van der Waals surface area contributed by atoms with E-state index in [1.54, 1.807) is 6.92 Å². The van der Waals surface area contributed by atoms with Gasteiger partial charge in [0.15, 0.2) is 16.6 Å². The van der Waals surface area contributed by atoms with Crippen LogP contribution in [0, 0.1) is 0 Å². The van der Waals surface area contributed by atoms with Crippen LogP contribution >= 0.6 is 0 Å². The quantitative estimate of drug-likeness (QED) is 0.138. The molecule has 0 aromatic rings. The zero-order valence-electron chi connectivity index (χ0n) is 17.1. The third kappa shape index (κ3) is 17.6. The minimum atomic E-state index is -2.12. The average Bonchev–Trinajstić information content (AvgIpc) is 2.38. The van der Waals surface area contributed by atoms with Gasteiger partial charge in [-0.25, -0.2) is 4.79 Å². The van der Waals surface area contributed by atoms with E-state index in [-0.39, 0.29) is 28.2 Å². The van der Waals surface area contributed by atoms with Crippen LogP contribution in [0.3, 0.4) is 0 Å². The van der Waals surface area contributed by atoms with Crippen molar-refractivity contribution in [3.05, 3.63) is 12.2 Å². The van der Waals surface area contributed by atoms with E-state index in [9.17, 15) is 4.79 Å². The molecule has 0 aliphatic rings. The molecule has 0 aromatic heterocycles. The number of hydrogen-bond acceptors (Lipinski definition) is 4. The Balaban J connectivity index is -0.000000882. The molecule has 7 heteroatoms. The summed E-state index contributed by atoms with van der Waals surface area (Å²) < 4.78 is 18.2. The third-order valence-electron chi connectivity index (χ3n) is 3.68. The predicted octanol–water partition coefficient (Wildman–Crippen LogP) is 7.35. The van der Waals surface area contributed by atoms with E-state index in [1.807, 2.05) is 0 Å². The highest BCUT2D eigenvalue weighted by Crippen LogP contribution is 2.26. The molecule has 0 aromatic carbocycles. The second kappa shape index (κ2) is 14.7. The molecule has 0 aliphatic carbocycles. The van der Waals surface area contributed by atoms with Crippen molar-refractivity contribution in [1.29, 1.82) is 0 Å². The minimum Gasteiger partial charge on any atom is -0.462 e. The topological polar surface area (TPSA) is 44.8 Å². The highest BCUT2D eigenvalue weighted by Gasteiger charge is 2.39. The molecule has 0 amide bonds. The van der Waals surface area contributed by atoms with E-state index >= 15 is 0 Å². The van der Waals surface area contributed by atoms with E-state index < -0.39 is 25.2 Å². The smallest absolute Gasteiger partial charge is 0.333 e. The van der Waals surface area contributed by atoms with E-state index in [4.69, 9.17) is 13.0 Å². The second-order valence-electron chi connectivity index (χ2n) is 8.25. The van der Waals surface area contributed by atoms with E-state index in [1.165, 1.54) is 18.9 Å². The summed E-state index contributed by atoms with van der Waals surface area (Å²) in [5.74, 6) is -0.308. The Morgan fingerprint density at radius 3 is 1.63 bits per heavy atom. The lowest BCUT2D eigenvalue weighted by Crippen LogP contribution is -2.52. The molecule has 0 heterocycles. The Morgan fingerprint density at radius 2 is 1.26 bits per heavy atom. The molecule has 0 saturated heterocycles. The average molecular weight is 439 g/mol. The molecule has 0 saturated carbocycles. The van der Waals surface area contributed by atoms with Gasteiger partial charge >= 0.3 is 14.5 Å². The number of esters is 1. The van der Waals surface area contributed by atoms with Gasteiger partial charge in [0.25, 0.3) is 0 Å². The van der Waals surface area contributed by atoms with E-state index in [2.05, 4.69) is 52.8 Å². The first-order valence-corrected chi connectivity index (χ1v) is 18.1. The van der Waals surface area contributed by atoms with Gasteiger partial charge in [0, 0.05) is 5.57 Å². The molecule has 0 atom stereocenters. The van der Waals surface area contributed by atoms with Crippen LogP contribution in [0.25, 0.3) is 0 Å². The Hall–Kier alpha value is -0.219. The van der Waals surface area contributed by atoms with Crippen LogP contribution in [0.4, 0.5) is 0 Å². The van der Waals surface area contributed by atoms with Crippen LogP contribution in [0.5, 0.6) is 0 Å².